The third kappa shape index (κ3) is 4.67. The number of anilines is 1. The molecular formula is C20H16ClNO4S. The van der Waals surface area contributed by atoms with E-state index in [-0.39, 0.29) is 0 Å². The van der Waals surface area contributed by atoms with Crippen molar-refractivity contribution in [1.82, 2.24) is 0 Å². The number of halogens is 1. The highest BCUT2D eigenvalue weighted by Crippen LogP contribution is 2.28. The molecule has 1 amide bonds. The second-order valence-corrected chi connectivity index (χ2v) is 6.87. The Morgan fingerprint density at radius 2 is 1.85 bits per heavy atom. The Labute approximate surface area is 165 Å². The fraction of sp³-hybridized carbons (Fsp3) is 0.100. The number of ether oxygens (including phenoxy) is 2. The fourth-order valence-electron chi connectivity index (χ4n) is 2.41. The molecule has 0 aliphatic rings. The SMILES string of the molecule is COc1ccc(NC(=O)[C@@H](OC(=O)c2cccs2)c2ccccc2)cc1Cl. The van der Waals surface area contributed by atoms with E-state index in [0.717, 1.165) is 0 Å². The van der Waals surface area contributed by atoms with Crippen LogP contribution < -0.4 is 10.1 Å². The van der Waals surface area contributed by atoms with Crippen molar-refractivity contribution in [2.45, 2.75) is 6.10 Å². The maximum absolute atomic E-state index is 12.8. The Kier molecular flexibility index (Phi) is 6.11. The quantitative estimate of drug-likeness (QED) is 0.594. The number of nitrogens with one attached hydrogen (secondary N) is 1. The van der Waals surface area contributed by atoms with Crippen molar-refractivity contribution in [3.05, 3.63) is 81.5 Å². The molecule has 1 heterocycles. The summed E-state index contributed by atoms with van der Waals surface area (Å²) in [6.45, 7) is 0. The van der Waals surface area contributed by atoms with Crippen LogP contribution in [-0.2, 0) is 9.53 Å². The second kappa shape index (κ2) is 8.70. The zero-order valence-electron chi connectivity index (χ0n) is 14.3. The van der Waals surface area contributed by atoms with Crippen LogP contribution in [0.2, 0.25) is 5.02 Å². The van der Waals surface area contributed by atoms with Crippen LogP contribution in [0.25, 0.3) is 0 Å². The van der Waals surface area contributed by atoms with E-state index in [2.05, 4.69) is 5.32 Å². The van der Waals surface area contributed by atoms with Crippen LogP contribution in [0.5, 0.6) is 5.75 Å². The van der Waals surface area contributed by atoms with Crippen molar-refractivity contribution in [2.75, 3.05) is 12.4 Å². The van der Waals surface area contributed by atoms with Gasteiger partial charge in [0.2, 0.25) is 6.10 Å². The molecular weight excluding hydrogens is 386 g/mol. The summed E-state index contributed by atoms with van der Waals surface area (Å²) in [7, 11) is 1.51. The van der Waals surface area contributed by atoms with Crippen LogP contribution in [0.1, 0.15) is 21.3 Å². The number of carbonyl (C=O) groups is 2. The van der Waals surface area contributed by atoms with Gasteiger partial charge in [-0.1, -0.05) is 48.0 Å². The van der Waals surface area contributed by atoms with Gasteiger partial charge in [0, 0.05) is 11.3 Å². The van der Waals surface area contributed by atoms with E-state index in [1.54, 1.807) is 60.0 Å². The largest absolute Gasteiger partial charge is 0.495 e. The molecule has 5 nitrogen and oxygen atoms in total. The fourth-order valence-corrected chi connectivity index (χ4v) is 3.28. The number of hydrogen-bond acceptors (Lipinski definition) is 5. The summed E-state index contributed by atoms with van der Waals surface area (Å²) < 4.78 is 10.6. The van der Waals surface area contributed by atoms with E-state index in [4.69, 9.17) is 21.1 Å². The van der Waals surface area contributed by atoms with Gasteiger partial charge < -0.3 is 14.8 Å². The number of amides is 1. The normalized spacial score (nSPS) is 11.5. The van der Waals surface area contributed by atoms with Gasteiger partial charge in [0.1, 0.15) is 10.6 Å². The smallest absolute Gasteiger partial charge is 0.349 e. The standard InChI is InChI=1S/C20H16ClNO4S/c1-25-16-10-9-14(12-15(16)21)22-19(23)18(13-6-3-2-4-7-13)26-20(24)17-8-5-11-27-17/h2-12,18H,1H3,(H,22,23)/t18-/m0/s1. The number of hydrogen-bond donors (Lipinski definition) is 1. The van der Waals surface area contributed by atoms with Crippen molar-refractivity contribution in [1.29, 1.82) is 0 Å². The lowest BCUT2D eigenvalue weighted by Gasteiger charge is -2.18. The molecule has 7 heteroatoms. The molecule has 0 saturated heterocycles. The molecule has 0 fully saturated rings. The molecule has 3 aromatic rings. The van der Waals surface area contributed by atoms with Crippen molar-refractivity contribution >= 4 is 40.5 Å². The van der Waals surface area contributed by atoms with Gasteiger partial charge in [-0.2, -0.15) is 0 Å². The molecule has 0 aliphatic carbocycles. The van der Waals surface area contributed by atoms with Crippen LogP contribution in [-0.4, -0.2) is 19.0 Å². The molecule has 3 rings (SSSR count). The number of methoxy groups -OCH3 is 1. The van der Waals surface area contributed by atoms with Gasteiger partial charge in [-0.25, -0.2) is 4.79 Å². The zero-order chi connectivity index (χ0) is 19.2. The summed E-state index contributed by atoms with van der Waals surface area (Å²) >= 11 is 7.35. The first-order chi connectivity index (χ1) is 13.1. The number of benzene rings is 2. The lowest BCUT2D eigenvalue weighted by atomic mass is 10.1. The Hall–Kier alpha value is -2.83. The molecule has 1 aromatic heterocycles. The van der Waals surface area contributed by atoms with Crippen LogP contribution in [0.3, 0.4) is 0 Å². The zero-order valence-corrected chi connectivity index (χ0v) is 15.9. The van der Waals surface area contributed by atoms with E-state index in [0.29, 0.717) is 26.9 Å². The summed E-state index contributed by atoms with van der Waals surface area (Å²) in [5.74, 6) is -0.535. The molecule has 1 atom stereocenters. The van der Waals surface area contributed by atoms with E-state index in [9.17, 15) is 9.59 Å². The average molecular weight is 402 g/mol. The molecule has 0 radical (unpaired) electrons. The Morgan fingerprint density at radius 1 is 1.07 bits per heavy atom. The predicted octanol–water partition coefficient (Wildman–Crippen LogP) is 4.95. The minimum absolute atomic E-state index is 0.363. The summed E-state index contributed by atoms with van der Waals surface area (Å²) in [6, 6.07) is 17.1. The molecule has 0 unspecified atom stereocenters. The Morgan fingerprint density at radius 3 is 2.48 bits per heavy atom. The van der Waals surface area contributed by atoms with Gasteiger partial charge in [0.05, 0.1) is 12.1 Å². The third-order valence-electron chi connectivity index (χ3n) is 3.71. The topological polar surface area (TPSA) is 64.6 Å². The summed E-state index contributed by atoms with van der Waals surface area (Å²) in [5.41, 5.74) is 1.04. The number of rotatable bonds is 6. The van der Waals surface area contributed by atoms with E-state index in [1.165, 1.54) is 18.4 Å². The van der Waals surface area contributed by atoms with Crippen LogP contribution in [0.4, 0.5) is 5.69 Å². The molecule has 138 valence electrons. The van der Waals surface area contributed by atoms with Crippen molar-refractivity contribution < 1.29 is 19.1 Å². The molecule has 27 heavy (non-hydrogen) atoms. The lowest BCUT2D eigenvalue weighted by molar-refractivity contribution is -0.125. The first kappa shape index (κ1) is 18.9. The summed E-state index contributed by atoms with van der Waals surface area (Å²) in [4.78, 5) is 25.6. The minimum atomic E-state index is -1.10. The van der Waals surface area contributed by atoms with Crippen molar-refractivity contribution in [3.63, 3.8) is 0 Å². The third-order valence-corrected chi connectivity index (χ3v) is 4.85. The molecule has 0 spiro atoms. The minimum Gasteiger partial charge on any atom is -0.495 e. The second-order valence-electron chi connectivity index (χ2n) is 5.51. The Bertz CT molecular complexity index is 928. The maximum Gasteiger partial charge on any atom is 0.349 e. The van der Waals surface area contributed by atoms with Gasteiger partial charge in [0.25, 0.3) is 5.91 Å². The van der Waals surface area contributed by atoms with Crippen molar-refractivity contribution in [2.24, 2.45) is 0 Å². The highest BCUT2D eigenvalue weighted by Gasteiger charge is 2.26. The molecule has 0 aliphatic heterocycles. The van der Waals surface area contributed by atoms with Gasteiger partial charge in [-0.3, -0.25) is 4.79 Å². The van der Waals surface area contributed by atoms with E-state index >= 15 is 0 Å². The van der Waals surface area contributed by atoms with Crippen LogP contribution >= 0.6 is 22.9 Å². The summed E-state index contributed by atoms with van der Waals surface area (Å²) in [6.07, 6.45) is -1.10. The maximum atomic E-state index is 12.8. The van der Waals surface area contributed by atoms with Crippen LogP contribution in [0, 0.1) is 0 Å². The predicted molar refractivity (Wildman–Crippen MR) is 106 cm³/mol. The van der Waals surface area contributed by atoms with Gasteiger partial charge in [0.15, 0.2) is 0 Å². The van der Waals surface area contributed by atoms with Gasteiger partial charge in [-0.05, 0) is 29.6 Å². The van der Waals surface area contributed by atoms with Crippen LogP contribution in [0.15, 0.2) is 66.0 Å². The monoisotopic (exact) mass is 401 g/mol. The lowest BCUT2D eigenvalue weighted by Crippen LogP contribution is -2.25. The van der Waals surface area contributed by atoms with Crippen molar-refractivity contribution in [3.8, 4) is 5.75 Å². The average Bonchev–Trinajstić information content (AvgIpc) is 3.21. The molecule has 0 bridgehead atoms. The van der Waals surface area contributed by atoms with E-state index in [1.807, 2.05) is 6.07 Å². The highest BCUT2D eigenvalue weighted by molar-refractivity contribution is 7.11. The highest BCUT2D eigenvalue weighted by atomic mass is 35.5. The number of thiophene rings is 1. The Balaban J connectivity index is 1.82. The van der Waals surface area contributed by atoms with Gasteiger partial charge in [-0.15, -0.1) is 11.3 Å². The van der Waals surface area contributed by atoms with Gasteiger partial charge >= 0.3 is 5.97 Å². The van der Waals surface area contributed by atoms with E-state index < -0.39 is 18.0 Å². The number of carbonyl (C=O) groups excluding carboxylic acids is 2. The summed E-state index contributed by atoms with van der Waals surface area (Å²) in [5, 5.41) is 4.87. The first-order valence-electron chi connectivity index (χ1n) is 8.02. The molecule has 0 saturated carbocycles. The number of esters is 1. The first-order valence-corrected chi connectivity index (χ1v) is 9.28. The molecule has 2 aromatic carbocycles. The molecule has 1 N–H and O–H groups in total.